The minimum atomic E-state index is -0.290. The fraction of sp³-hybridized carbons (Fsp3) is 0.476. The van der Waals surface area contributed by atoms with Crippen LogP contribution in [0.5, 0.6) is 0 Å². The molecule has 1 aliphatic rings. The number of methoxy groups -OCH3 is 1. The Labute approximate surface area is 169 Å². The molecule has 1 aromatic carbocycles. The lowest BCUT2D eigenvalue weighted by Gasteiger charge is -2.30. The molecule has 1 aliphatic heterocycles. The molecule has 150 valence electrons. The van der Waals surface area contributed by atoms with E-state index in [2.05, 4.69) is 23.7 Å². The van der Waals surface area contributed by atoms with Crippen molar-refractivity contribution in [1.82, 2.24) is 9.97 Å². The molecule has 0 saturated carbocycles. The van der Waals surface area contributed by atoms with Gasteiger partial charge in [-0.15, -0.1) is 0 Å². The highest BCUT2D eigenvalue weighted by molar-refractivity contribution is 7.98. The van der Waals surface area contributed by atoms with Crippen LogP contribution < -0.4 is 4.90 Å². The summed E-state index contributed by atoms with van der Waals surface area (Å²) in [6.45, 7) is 5.01. The number of nitrogens with zero attached hydrogens (tertiary/aromatic N) is 3. The first kappa shape index (κ1) is 20.6. The molecule has 0 fully saturated rings. The van der Waals surface area contributed by atoms with Crippen molar-refractivity contribution >= 4 is 23.5 Å². The lowest BCUT2D eigenvalue weighted by Crippen LogP contribution is -2.37. The molecule has 0 amide bonds. The number of halogens is 1. The highest BCUT2D eigenvalue weighted by Crippen LogP contribution is 2.38. The average molecular weight is 404 g/mol. The van der Waals surface area contributed by atoms with Gasteiger partial charge in [0.15, 0.2) is 5.16 Å². The molecule has 0 N–H and O–H groups in total. The zero-order valence-electron chi connectivity index (χ0n) is 16.7. The molecule has 0 bridgehead atoms. The monoisotopic (exact) mass is 403 g/mol. The van der Waals surface area contributed by atoms with Crippen molar-refractivity contribution < 1.29 is 13.9 Å². The number of carbonyl (C=O) groups is 1. The normalized spacial score (nSPS) is 14.3. The molecule has 28 heavy (non-hydrogen) atoms. The van der Waals surface area contributed by atoms with Crippen molar-refractivity contribution in [2.45, 2.75) is 44.3 Å². The first-order valence-electron chi connectivity index (χ1n) is 9.47. The van der Waals surface area contributed by atoms with Crippen molar-refractivity contribution in [3.8, 4) is 11.3 Å². The third kappa shape index (κ3) is 4.29. The number of benzene rings is 1. The van der Waals surface area contributed by atoms with Crippen LogP contribution in [-0.4, -0.2) is 41.9 Å². The lowest BCUT2D eigenvalue weighted by atomic mass is 10.00. The Morgan fingerprint density at radius 1 is 1.32 bits per heavy atom. The van der Waals surface area contributed by atoms with E-state index in [-0.39, 0.29) is 17.8 Å². The minimum absolute atomic E-state index is 0.00761. The Bertz CT molecular complexity index is 860. The summed E-state index contributed by atoms with van der Waals surface area (Å²) in [5, 5.41) is 0.602. The fourth-order valence-corrected chi connectivity index (χ4v) is 4.08. The van der Waals surface area contributed by atoms with Crippen LogP contribution in [0.3, 0.4) is 0 Å². The molecule has 1 unspecified atom stereocenters. The topological polar surface area (TPSA) is 55.3 Å². The number of thioether (sulfide) groups is 1. The molecule has 1 atom stereocenters. The number of hydrogen-bond donors (Lipinski definition) is 0. The molecule has 5 nitrogen and oxygen atoms in total. The van der Waals surface area contributed by atoms with E-state index in [1.165, 1.54) is 24.9 Å². The minimum Gasteiger partial charge on any atom is -0.469 e. The Morgan fingerprint density at radius 2 is 2.07 bits per heavy atom. The first-order chi connectivity index (χ1) is 13.4. The number of fused-ring (bicyclic) bond motifs is 1. The fourth-order valence-electron chi connectivity index (χ4n) is 3.72. The highest BCUT2D eigenvalue weighted by Gasteiger charge is 2.33. The van der Waals surface area contributed by atoms with Gasteiger partial charge in [-0.25, -0.2) is 14.4 Å². The van der Waals surface area contributed by atoms with Gasteiger partial charge in [0.1, 0.15) is 11.6 Å². The van der Waals surface area contributed by atoms with Crippen LogP contribution in [0.1, 0.15) is 32.3 Å². The van der Waals surface area contributed by atoms with Gasteiger partial charge >= 0.3 is 5.97 Å². The number of anilines is 1. The molecule has 0 radical (unpaired) electrons. The molecule has 0 aliphatic carbocycles. The van der Waals surface area contributed by atoms with Gasteiger partial charge in [0.25, 0.3) is 0 Å². The van der Waals surface area contributed by atoms with E-state index >= 15 is 0 Å². The predicted octanol–water partition coefficient (Wildman–Crippen LogP) is 4.34. The van der Waals surface area contributed by atoms with Gasteiger partial charge in [0.05, 0.1) is 19.2 Å². The average Bonchev–Trinajstić information content (AvgIpc) is 3.10. The highest BCUT2D eigenvalue weighted by atomic mass is 32.2. The van der Waals surface area contributed by atoms with Crippen LogP contribution in [0.25, 0.3) is 11.3 Å². The van der Waals surface area contributed by atoms with E-state index in [1.807, 2.05) is 12.3 Å². The second kappa shape index (κ2) is 8.90. The maximum Gasteiger partial charge on any atom is 0.307 e. The van der Waals surface area contributed by atoms with Gasteiger partial charge in [0.2, 0.25) is 0 Å². The van der Waals surface area contributed by atoms with Crippen molar-refractivity contribution in [3.63, 3.8) is 0 Å². The van der Waals surface area contributed by atoms with Gasteiger partial charge in [-0.3, -0.25) is 4.79 Å². The summed E-state index contributed by atoms with van der Waals surface area (Å²) < 4.78 is 19.4. The summed E-state index contributed by atoms with van der Waals surface area (Å²) in [5.41, 5.74) is 2.09. The summed E-state index contributed by atoms with van der Waals surface area (Å²) in [4.78, 5) is 23.5. The molecule has 0 saturated heterocycles. The Morgan fingerprint density at radius 3 is 2.71 bits per heavy atom. The maximum atomic E-state index is 14.5. The van der Waals surface area contributed by atoms with Crippen molar-refractivity contribution in [1.29, 1.82) is 0 Å². The van der Waals surface area contributed by atoms with Crippen LogP contribution >= 0.6 is 11.8 Å². The van der Waals surface area contributed by atoms with Crippen molar-refractivity contribution in [2.75, 3.05) is 24.8 Å². The molecule has 1 aromatic heterocycles. The van der Waals surface area contributed by atoms with E-state index in [0.717, 1.165) is 30.8 Å². The van der Waals surface area contributed by atoms with Gasteiger partial charge < -0.3 is 9.64 Å². The summed E-state index contributed by atoms with van der Waals surface area (Å²) in [6.07, 6.45) is 3.79. The number of hydrogen-bond acceptors (Lipinski definition) is 6. The summed E-state index contributed by atoms with van der Waals surface area (Å²) in [5.74, 6) is 0.716. The van der Waals surface area contributed by atoms with Crippen LogP contribution in [0, 0.1) is 11.7 Å². The smallest absolute Gasteiger partial charge is 0.307 e. The maximum absolute atomic E-state index is 14.5. The Balaban J connectivity index is 2.06. The standard InChI is InChI=1S/C21H26FN3O2S/c1-13(2)11-14(12-18(26)27-3)25-10-9-16-19(15-7-5-6-8-17(15)22)23-21(28-4)24-20(16)25/h5-8,13-14H,9-12H2,1-4H3. The van der Waals surface area contributed by atoms with Crippen LogP contribution in [0.15, 0.2) is 29.4 Å². The molecule has 3 rings (SSSR count). The number of carbonyl (C=O) groups excluding carboxylic acids is 1. The quantitative estimate of drug-likeness (QED) is 0.389. The lowest BCUT2D eigenvalue weighted by molar-refractivity contribution is -0.141. The van der Waals surface area contributed by atoms with Gasteiger partial charge in [-0.2, -0.15) is 0 Å². The zero-order chi connectivity index (χ0) is 20.3. The molecular formula is C21H26FN3O2S. The van der Waals surface area contributed by atoms with Crippen LogP contribution in [0.2, 0.25) is 0 Å². The predicted molar refractivity (Wildman–Crippen MR) is 110 cm³/mol. The van der Waals surface area contributed by atoms with Crippen LogP contribution in [0.4, 0.5) is 10.2 Å². The summed E-state index contributed by atoms with van der Waals surface area (Å²) in [6, 6.07) is 6.69. The van der Waals surface area contributed by atoms with Crippen LogP contribution in [-0.2, 0) is 16.0 Å². The van der Waals surface area contributed by atoms with E-state index in [0.29, 0.717) is 28.8 Å². The van der Waals surface area contributed by atoms with Gasteiger partial charge in [0, 0.05) is 23.7 Å². The third-order valence-electron chi connectivity index (χ3n) is 4.97. The van der Waals surface area contributed by atoms with E-state index in [9.17, 15) is 9.18 Å². The molecule has 7 heteroatoms. The summed E-state index contributed by atoms with van der Waals surface area (Å²) in [7, 11) is 1.41. The van der Waals surface area contributed by atoms with Crippen molar-refractivity contribution in [2.24, 2.45) is 5.92 Å². The van der Waals surface area contributed by atoms with Gasteiger partial charge in [-0.1, -0.05) is 37.7 Å². The Kier molecular flexibility index (Phi) is 6.54. The first-order valence-corrected chi connectivity index (χ1v) is 10.7. The number of rotatable bonds is 7. The van der Waals surface area contributed by atoms with E-state index in [4.69, 9.17) is 9.72 Å². The molecule has 0 spiro atoms. The zero-order valence-corrected chi connectivity index (χ0v) is 17.6. The number of esters is 1. The van der Waals surface area contributed by atoms with E-state index < -0.39 is 0 Å². The number of ether oxygens (including phenoxy) is 1. The second-order valence-corrected chi connectivity index (χ2v) is 8.12. The van der Waals surface area contributed by atoms with E-state index in [1.54, 1.807) is 12.1 Å². The molecular weight excluding hydrogens is 377 g/mol. The molecule has 2 aromatic rings. The molecule has 2 heterocycles. The number of aromatic nitrogens is 2. The van der Waals surface area contributed by atoms with Gasteiger partial charge in [-0.05, 0) is 37.1 Å². The second-order valence-electron chi connectivity index (χ2n) is 7.35. The van der Waals surface area contributed by atoms with Crippen molar-refractivity contribution in [3.05, 3.63) is 35.6 Å². The summed E-state index contributed by atoms with van der Waals surface area (Å²) >= 11 is 1.43. The third-order valence-corrected chi connectivity index (χ3v) is 5.51. The largest absolute Gasteiger partial charge is 0.469 e. The Hall–Kier alpha value is -2.15. The SMILES string of the molecule is COC(=O)CC(CC(C)C)N1CCc2c(-c3ccccc3F)nc(SC)nc21.